The Balaban J connectivity index is 1.72. The van der Waals surface area contributed by atoms with Crippen LogP contribution in [0.4, 0.5) is 4.79 Å². The molecule has 0 unspecified atom stereocenters. The van der Waals surface area contributed by atoms with Gasteiger partial charge in [0.05, 0.1) is 12.6 Å². The van der Waals surface area contributed by atoms with E-state index in [-0.39, 0.29) is 24.5 Å². The molecule has 1 fully saturated rings. The number of imide groups is 1. The number of nitrogens with zero attached hydrogens (tertiary/aromatic N) is 1. The van der Waals surface area contributed by atoms with Gasteiger partial charge in [-0.1, -0.05) is 43.7 Å². The number of nitrogens with one attached hydrogen (secondary N) is 2. The molecular formula is C19H23N3O2S. The van der Waals surface area contributed by atoms with E-state index in [4.69, 9.17) is 0 Å². The number of urea groups is 1. The normalized spacial score (nSPS) is 15.2. The van der Waals surface area contributed by atoms with Crippen LogP contribution in [0.3, 0.4) is 0 Å². The Morgan fingerprint density at radius 1 is 1.32 bits per heavy atom. The molecule has 1 aliphatic heterocycles. The fourth-order valence-corrected chi connectivity index (χ4v) is 3.82. The van der Waals surface area contributed by atoms with E-state index in [9.17, 15) is 9.59 Å². The van der Waals surface area contributed by atoms with E-state index >= 15 is 0 Å². The molecule has 2 aromatic rings. The summed E-state index contributed by atoms with van der Waals surface area (Å²) in [6.45, 7) is 3.27. The lowest BCUT2D eigenvalue weighted by atomic mass is 10.0. The lowest BCUT2D eigenvalue weighted by Gasteiger charge is -2.20. The highest BCUT2D eigenvalue weighted by atomic mass is 32.1. The van der Waals surface area contributed by atoms with E-state index in [1.165, 1.54) is 10.5 Å². The van der Waals surface area contributed by atoms with Gasteiger partial charge in [0.1, 0.15) is 0 Å². The quantitative estimate of drug-likeness (QED) is 0.801. The minimum atomic E-state index is -0.302. The Morgan fingerprint density at radius 3 is 2.72 bits per heavy atom. The van der Waals surface area contributed by atoms with Crippen molar-refractivity contribution >= 4 is 23.3 Å². The maximum atomic E-state index is 12.3. The maximum absolute atomic E-state index is 12.3. The molecule has 132 valence electrons. The third-order valence-electron chi connectivity index (χ3n) is 4.29. The van der Waals surface area contributed by atoms with E-state index in [2.05, 4.69) is 47.9 Å². The number of carbonyl (C=O) groups is 2. The molecule has 1 aromatic carbocycles. The monoisotopic (exact) mass is 357 g/mol. The van der Waals surface area contributed by atoms with E-state index in [0.29, 0.717) is 13.1 Å². The summed E-state index contributed by atoms with van der Waals surface area (Å²) in [7, 11) is 0. The standard InChI is InChI=1S/C19H23N3O2S/c1-2-4-14-6-8-15(9-7-14)18(16-5-3-12-25-16)21-13-17(23)22-11-10-20-19(22)24/h3,5-9,12,18,21H,2,4,10-11,13H2,1H3,(H,20,24)/t18-/m1/s1. The summed E-state index contributed by atoms with van der Waals surface area (Å²) in [5.74, 6) is -0.195. The molecule has 0 aliphatic carbocycles. The molecular weight excluding hydrogens is 334 g/mol. The van der Waals surface area contributed by atoms with Crippen LogP contribution in [-0.2, 0) is 11.2 Å². The number of amides is 3. The molecule has 2 heterocycles. The van der Waals surface area contributed by atoms with E-state index in [1.54, 1.807) is 11.3 Å². The molecule has 1 aromatic heterocycles. The van der Waals surface area contributed by atoms with Crippen molar-refractivity contribution < 1.29 is 9.59 Å². The average molecular weight is 357 g/mol. The fourth-order valence-electron chi connectivity index (χ4n) is 3.00. The Morgan fingerprint density at radius 2 is 2.12 bits per heavy atom. The van der Waals surface area contributed by atoms with Crippen molar-refractivity contribution in [3.8, 4) is 0 Å². The highest BCUT2D eigenvalue weighted by Gasteiger charge is 2.26. The summed E-state index contributed by atoms with van der Waals surface area (Å²) in [6.07, 6.45) is 2.19. The SMILES string of the molecule is CCCc1ccc([C@@H](NCC(=O)N2CCNC2=O)c2cccs2)cc1. The molecule has 0 saturated carbocycles. The summed E-state index contributed by atoms with van der Waals surface area (Å²) in [4.78, 5) is 26.4. The number of benzene rings is 1. The molecule has 3 rings (SSSR count). The van der Waals surface area contributed by atoms with Crippen LogP contribution in [0.25, 0.3) is 0 Å². The van der Waals surface area contributed by atoms with Gasteiger partial charge in [0, 0.05) is 18.0 Å². The second kappa shape index (κ2) is 8.27. The number of thiophene rings is 1. The zero-order valence-electron chi connectivity index (χ0n) is 14.3. The molecule has 6 heteroatoms. The summed E-state index contributed by atoms with van der Waals surface area (Å²) < 4.78 is 0. The predicted molar refractivity (Wildman–Crippen MR) is 99.7 cm³/mol. The first kappa shape index (κ1) is 17.6. The number of hydrogen-bond acceptors (Lipinski definition) is 4. The van der Waals surface area contributed by atoms with Crippen molar-refractivity contribution in [3.05, 3.63) is 57.8 Å². The van der Waals surface area contributed by atoms with Gasteiger partial charge in [-0.25, -0.2) is 4.79 Å². The lowest BCUT2D eigenvalue weighted by Crippen LogP contribution is -2.41. The van der Waals surface area contributed by atoms with Crippen LogP contribution in [0.1, 0.15) is 35.4 Å². The molecule has 1 aliphatic rings. The summed E-state index contributed by atoms with van der Waals surface area (Å²) in [5.41, 5.74) is 2.45. The molecule has 25 heavy (non-hydrogen) atoms. The van der Waals surface area contributed by atoms with Crippen molar-refractivity contribution in [2.24, 2.45) is 0 Å². The molecule has 5 nitrogen and oxygen atoms in total. The minimum absolute atomic E-state index is 0.0507. The van der Waals surface area contributed by atoms with Crippen LogP contribution in [0.2, 0.25) is 0 Å². The van der Waals surface area contributed by atoms with Gasteiger partial charge in [0.2, 0.25) is 5.91 Å². The van der Waals surface area contributed by atoms with Gasteiger partial charge < -0.3 is 5.32 Å². The highest BCUT2D eigenvalue weighted by Crippen LogP contribution is 2.26. The van der Waals surface area contributed by atoms with Crippen molar-refractivity contribution in [1.82, 2.24) is 15.5 Å². The number of hydrogen-bond donors (Lipinski definition) is 2. The van der Waals surface area contributed by atoms with Gasteiger partial charge in [-0.05, 0) is 29.0 Å². The van der Waals surface area contributed by atoms with E-state index in [1.807, 2.05) is 11.4 Å². The maximum Gasteiger partial charge on any atom is 0.324 e. The average Bonchev–Trinajstić information content (AvgIpc) is 3.28. The predicted octanol–water partition coefficient (Wildman–Crippen LogP) is 2.93. The van der Waals surface area contributed by atoms with Crippen LogP contribution in [0.15, 0.2) is 41.8 Å². The van der Waals surface area contributed by atoms with Gasteiger partial charge in [-0.3, -0.25) is 15.0 Å². The molecule has 3 amide bonds. The third-order valence-corrected chi connectivity index (χ3v) is 5.23. The molecule has 0 spiro atoms. The summed E-state index contributed by atoms with van der Waals surface area (Å²) in [5, 5.41) is 8.02. The van der Waals surface area contributed by atoms with Gasteiger partial charge in [-0.15, -0.1) is 11.3 Å². The van der Waals surface area contributed by atoms with Gasteiger partial charge in [0.25, 0.3) is 0 Å². The third kappa shape index (κ3) is 4.27. The largest absolute Gasteiger partial charge is 0.336 e. The van der Waals surface area contributed by atoms with Gasteiger partial charge in [0.15, 0.2) is 0 Å². The van der Waals surface area contributed by atoms with Crippen LogP contribution in [0, 0.1) is 0 Å². The Hall–Kier alpha value is -2.18. The smallest absolute Gasteiger partial charge is 0.324 e. The summed E-state index contributed by atoms with van der Waals surface area (Å²) >= 11 is 1.66. The first-order valence-corrected chi connectivity index (χ1v) is 9.51. The van der Waals surface area contributed by atoms with Crippen LogP contribution in [0.5, 0.6) is 0 Å². The van der Waals surface area contributed by atoms with E-state index < -0.39 is 0 Å². The fraction of sp³-hybridized carbons (Fsp3) is 0.368. The Labute approximate surface area is 152 Å². The number of rotatable bonds is 7. The van der Waals surface area contributed by atoms with Crippen LogP contribution >= 0.6 is 11.3 Å². The lowest BCUT2D eigenvalue weighted by molar-refractivity contribution is -0.126. The number of carbonyl (C=O) groups excluding carboxylic acids is 2. The Bertz CT molecular complexity index is 713. The van der Waals surface area contributed by atoms with Crippen molar-refractivity contribution in [2.45, 2.75) is 25.8 Å². The van der Waals surface area contributed by atoms with Gasteiger partial charge >= 0.3 is 6.03 Å². The minimum Gasteiger partial charge on any atom is -0.336 e. The first-order chi connectivity index (χ1) is 12.2. The van der Waals surface area contributed by atoms with Crippen molar-refractivity contribution in [3.63, 3.8) is 0 Å². The Kier molecular flexibility index (Phi) is 5.83. The van der Waals surface area contributed by atoms with Crippen molar-refractivity contribution in [2.75, 3.05) is 19.6 Å². The van der Waals surface area contributed by atoms with E-state index in [0.717, 1.165) is 23.3 Å². The highest BCUT2D eigenvalue weighted by molar-refractivity contribution is 7.10. The van der Waals surface area contributed by atoms with Crippen molar-refractivity contribution in [1.29, 1.82) is 0 Å². The molecule has 0 radical (unpaired) electrons. The second-order valence-corrected chi connectivity index (χ2v) is 7.08. The van der Waals surface area contributed by atoms with Crippen LogP contribution in [-0.4, -0.2) is 36.5 Å². The molecule has 1 atom stereocenters. The topological polar surface area (TPSA) is 61.4 Å². The number of aryl methyl sites for hydroxylation is 1. The zero-order chi connectivity index (χ0) is 17.6. The molecule has 0 bridgehead atoms. The molecule has 1 saturated heterocycles. The zero-order valence-corrected chi connectivity index (χ0v) is 15.1. The van der Waals surface area contributed by atoms with Crippen LogP contribution < -0.4 is 10.6 Å². The summed E-state index contributed by atoms with van der Waals surface area (Å²) in [6, 6.07) is 12.3. The second-order valence-electron chi connectivity index (χ2n) is 6.10. The first-order valence-electron chi connectivity index (χ1n) is 8.63. The van der Waals surface area contributed by atoms with Gasteiger partial charge in [-0.2, -0.15) is 0 Å². The molecule has 2 N–H and O–H groups in total.